The zero-order valence-electron chi connectivity index (χ0n) is 10.2. The van der Waals surface area contributed by atoms with Crippen molar-refractivity contribution in [3.63, 3.8) is 0 Å². The van der Waals surface area contributed by atoms with Crippen LogP contribution in [0.1, 0.15) is 15.9 Å². The highest BCUT2D eigenvalue weighted by molar-refractivity contribution is 6.30. The Hall–Kier alpha value is -2.00. The molecule has 1 aliphatic rings. The molecule has 0 fully saturated rings. The summed E-state index contributed by atoms with van der Waals surface area (Å²) < 4.78 is 0. The molecule has 1 aliphatic heterocycles. The molecule has 0 aliphatic carbocycles. The van der Waals surface area contributed by atoms with E-state index in [-0.39, 0.29) is 5.91 Å². The van der Waals surface area contributed by atoms with Crippen LogP contribution in [0.4, 0.5) is 11.4 Å². The lowest BCUT2D eigenvalue weighted by atomic mass is 10.1. The monoisotopic (exact) mass is 272 g/mol. The number of hydrogen-bond acceptors (Lipinski definition) is 2. The Balaban J connectivity index is 1.81. The average Bonchev–Trinajstić information content (AvgIpc) is 2.85. The number of halogens is 1. The number of hydrogen-bond donors (Lipinski definition) is 2. The number of fused-ring (bicyclic) bond motifs is 1. The molecule has 3 rings (SSSR count). The maximum absolute atomic E-state index is 12.2. The molecule has 2 aromatic rings. The molecule has 0 aromatic heterocycles. The molecule has 0 bridgehead atoms. The fourth-order valence-electron chi connectivity index (χ4n) is 2.22. The van der Waals surface area contributed by atoms with Gasteiger partial charge in [-0.1, -0.05) is 17.7 Å². The second-order valence-electron chi connectivity index (χ2n) is 4.51. The zero-order valence-corrected chi connectivity index (χ0v) is 11.0. The maximum Gasteiger partial charge on any atom is 0.255 e. The smallest absolute Gasteiger partial charge is 0.255 e. The highest BCUT2D eigenvalue weighted by atomic mass is 35.5. The predicted octanol–water partition coefficient (Wildman–Crippen LogP) is 3.56. The second-order valence-corrected chi connectivity index (χ2v) is 4.95. The SMILES string of the molecule is O=C(Nc1cccc(Cl)c1)c1ccc2c(c1)CCN2. The Labute approximate surface area is 116 Å². The lowest BCUT2D eigenvalue weighted by molar-refractivity contribution is 0.102. The standard InChI is InChI=1S/C15H13ClN2O/c16-12-2-1-3-13(9-12)18-15(19)11-4-5-14-10(8-11)6-7-17-14/h1-5,8-9,17H,6-7H2,(H,18,19). The van der Waals surface area contributed by atoms with Gasteiger partial charge in [-0.05, 0) is 48.4 Å². The van der Waals surface area contributed by atoms with Crippen molar-refractivity contribution in [3.05, 3.63) is 58.6 Å². The summed E-state index contributed by atoms with van der Waals surface area (Å²) in [4.78, 5) is 12.2. The minimum atomic E-state index is -0.114. The van der Waals surface area contributed by atoms with Gasteiger partial charge in [0.15, 0.2) is 0 Å². The molecule has 0 atom stereocenters. The van der Waals surface area contributed by atoms with Crippen molar-refractivity contribution >= 4 is 28.9 Å². The number of anilines is 2. The first kappa shape index (κ1) is 12.1. The van der Waals surface area contributed by atoms with E-state index in [0.29, 0.717) is 16.3 Å². The van der Waals surface area contributed by atoms with Crippen LogP contribution in [0.5, 0.6) is 0 Å². The number of nitrogens with one attached hydrogen (secondary N) is 2. The number of amides is 1. The summed E-state index contributed by atoms with van der Waals surface area (Å²) in [5.41, 5.74) is 3.69. The Morgan fingerprint density at radius 1 is 1.21 bits per heavy atom. The lowest BCUT2D eigenvalue weighted by Crippen LogP contribution is -2.12. The molecule has 1 heterocycles. The van der Waals surface area contributed by atoms with Crippen LogP contribution >= 0.6 is 11.6 Å². The Kier molecular flexibility index (Phi) is 3.13. The summed E-state index contributed by atoms with van der Waals surface area (Å²) in [5.74, 6) is -0.114. The van der Waals surface area contributed by atoms with E-state index in [1.807, 2.05) is 30.3 Å². The summed E-state index contributed by atoms with van der Waals surface area (Å²) >= 11 is 5.89. The van der Waals surface area contributed by atoms with Gasteiger partial charge in [0.2, 0.25) is 0 Å². The van der Waals surface area contributed by atoms with Crippen LogP contribution in [0.15, 0.2) is 42.5 Å². The summed E-state index contributed by atoms with van der Waals surface area (Å²) in [6.45, 7) is 0.939. The molecular weight excluding hydrogens is 260 g/mol. The quantitative estimate of drug-likeness (QED) is 0.878. The minimum absolute atomic E-state index is 0.114. The van der Waals surface area contributed by atoms with E-state index in [0.717, 1.165) is 18.7 Å². The fraction of sp³-hybridized carbons (Fsp3) is 0.133. The molecule has 3 nitrogen and oxygen atoms in total. The van der Waals surface area contributed by atoms with Crippen molar-refractivity contribution in [2.45, 2.75) is 6.42 Å². The Morgan fingerprint density at radius 3 is 2.95 bits per heavy atom. The third-order valence-corrected chi connectivity index (χ3v) is 3.39. The van der Waals surface area contributed by atoms with Crippen molar-refractivity contribution in [1.29, 1.82) is 0 Å². The molecule has 4 heteroatoms. The topological polar surface area (TPSA) is 41.1 Å². The van der Waals surface area contributed by atoms with E-state index in [2.05, 4.69) is 10.6 Å². The van der Waals surface area contributed by atoms with Gasteiger partial charge < -0.3 is 10.6 Å². The van der Waals surface area contributed by atoms with E-state index in [4.69, 9.17) is 11.6 Å². The lowest BCUT2D eigenvalue weighted by Gasteiger charge is -2.07. The highest BCUT2D eigenvalue weighted by Crippen LogP contribution is 2.23. The largest absolute Gasteiger partial charge is 0.384 e. The average molecular weight is 273 g/mol. The number of rotatable bonds is 2. The molecule has 2 N–H and O–H groups in total. The third-order valence-electron chi connectivity index (χ3n) is 3.16. The molecule has 0 radical (unpaired) electrons. The van der Waals surface area contributed by atoms with Gasteiger partial charge >= 0.3 is 0 Å². The van der Waals surface area contributed by atoms with Gasteiger partial charge in [0.05, 0.1) is 0 Å². The molecule has 0 spiro atoms. The summed E-state index contributed by atoms with van der Waals surface area (Å²) in [7, 11) is 0. The van der Waals surface area contributed by atoms with Gasteiger partial charge in [0.1, 0.15) is 0 Å². The zero-order chi connectivity index (χ0) is 13.2. The van der Waals surface area contributed by atoms with Gasteiger partial charge in [0, 0.05) is 28.5 Å². The molecule has 0 saturated carbocycles. The van der Waals surface area contributed by atoms with Crippen LogP contribution in [-0.4, -0.2) is 12.5 Å². The van der Waals surface area contributed by atoms with Crippen LogP contribution in [0, 0.1) is 0 Å². The third kappa shape index (κ3) is 2.56. The van der Waals surface area contributed by atoms with Gasteiger partial charge in [-0.25, -0.2) is 0 Å². The molecular formula is C15H13ClN2O. The van der Waals surface area contributed by atoms with Crippen molar-refractivity contribution in [1.82, 2.24) is 0 Å². The van der Waals surface area contributed by atoms with Crippen molar-refractivity contribution < 1.29 is 4.79 Å². The van der Waals surface area contributed by atoms with Gasteiger partial charge in [-0.2, -0.15) is 0 Å². The first-order valence-electron chi connectivity index (χ1n) is 6.16. The highest BCUT2D eigenvalue weighted by Gasteiger charge is 2.13. The first-order chi connectivity index (χ1) is 9.22. The van der Waals surface area contributed by atoms with Crippen LogP contribution < -0.4 is 10.6 Å². The van der Waals surface area contributed by atoms with E-state index < -0.39 is 0 Å². The summed E-state index contributed by atoms with van der Waals surface area (Å²) in [6, 6.07) is 12.9. The van der Waals surface area contributed by atoms with Crippen LogP contribution in [0.2, 0.25) is 5.02 Å². The van der Waals surface area contributed by atoms with Crippen molar-refractivity contribution in [2.24, 2.45) is 0 Å². The molecule has 0 unspecified atom stereocenters. The Bertz CT molecular complexity index is 640. The first-order valence-corrected chi connectivity index (χ1v) is 6.54. The van der Waals surface area contributed by atoms with Gasteiger partial charge in [0.25, 0.3) is 5.91 Å². The molecule has 2 aromatic carbocycles. The van der Waals surface area contributed by atoms with Crippen LogP contribution in [0.3, 0.4) is 0 Å². The maximum atomic E-state index is 12.2. The molecule has 1 amide bonds. The van der Waals surface area contributed by atoms with E-state index in [1.165, 1.54) is 5.56 Å². The second kappa shape index (κ2) is 4.94. The summed E-state index contributed by atoms with van der Waals surface area (Å²) in [6.07, 6.45) is 0.966. The normalized spacial score (nSPS) is 12.7. The number of carbonyl (C=O) groups excluding carboxylic acids is 1. The molecule has 19 heavy (non-hydrogen) atoms. The summed E-state index contributed by atoms with van der Waals surface area (Å²) in [5, 5.41) is 6.73. The van der Waals surface area contributed by atoms with E-state index >= 15 is 0 Å². The van der Waals surface area contributed by atoms with Gasteiger partial charge in [-0.3, -0.25) is 4.79 Å². The number of carbonyl (C=O) groups is 1. The molecule has 96 valence electrons. The van der Waals surface area contributed by atoms with E-state index in [9.17, 15) is 4.79 Å². The number of benzene rings is 2. The van der Waals surface area contributed by atoms with Crippen molar-refractivity contribution in [3.8, 4) is 0 Å². The fourth-order valence-corrected chi connectivity index (χ4v) is 2.41. The predicted molar refractivity (Wildman–Crippen MR) is 78.0 cm³/mol. The van der Waals surface area contributed by atoms with Crippen LogP contribution in [-0.2, 0) is 6.42 Å². The minimum Gasteiger partial charge on any atom is -0.384 e. The molecule has 0 saturated heterocycles. The van der Waals surface area contributed by atoms with Crippen molar-refractivity contribution in [2.75, 3.05) is 17.2 Å². The van der Waals surface area contributed by atoms with Crippen LogP contribution in [0.25, 0.3) is 0 Å². The van der Waals surface area contributed by atoms with Gasteiger partial charge in [-0.15, -0.1) is 0 Å². The Morgan fingerprint density at radius 2 is 2.11 bits per heavy atom. The van der Waals surface area contributed by atoms with E-state index in [1.54, 1.807) is 12.1 Å².